The molecule has 0 aliphatic carbocycles. The van der Waals surface area contributed by atoms with Gasteiger partial charge in [0.15, 0.2) is 0 Å². The minimum atomic E-state index is 0.321. The lowest BCUT2D eigenvalue weighted by Crippen LogP contribution is -2.18. The molecule has 0 aromatic carbocycles. The van der Waals surface area contributed by atoms with E-state index in [1.165, 1.54) is 25.7 Å². The van der Waals surface area contributed by atoms with Crippen LogP contribution in [0.5, 0.6) is 0 Å². The summed E-state index contributed by atoms with van der Waals surface area (Å²) in [5.74, 6) is 0.997. The summed E-state index contributed by atoms with van der Waals surface area (Å²) >= 11 is 4.24. The normalized spacial score (nSPS) is 11.1. The van der Waals surface area contributed by atoms with Gasteiger partial charge in [-0.2, -0.15) is 12.6 Å². The number of hydrogen-bond acceptors (Lipinski definition) is 1. The number of unbranched alkanes of at least 4 members (excludes halogenated alkanes) is 2. The van der Waals surface area contributed by atoms with Crippen molar-refractivity contribution in [1.82, 2.24) is 0 Å². The van der Waals surface area contributed by atoms with E-state index in [0.29, 0.717) is 5.41 Å². The summed E-state index contributed by atoms with van der Waals surface area (Å²) in [6, 6.07) is 0. The molecule has 0 bridgehead atoms. The first-order valence-electron chi connectivity index (χ1n) is 6.18. The highest BCUT2D eigenvalue weighted by Gasteiger charge is 2.25. The van der Waals surface area contributed by atoms with Crippen molar-refractivity contribution in [2.45, 2.75) is 44.9 Å². The second kappa shape index (κ2) is 9.77. The van der Waals surface area contributed by atoms with Crippen molar-refractivity contribution in [3.05, 3.63) is 38.0 Å². The van der Waals surface area contributed by atoms with Gasteiger partial charge in [0.2, 0.25) is 0 Å². The number of rotatable bonds is 11. The fraction of sp³-hybridized carbons (Fsp3) is 0.600. The van der Waals surface area contributed by atoms with Gasteiger partial charge in [-0.15, -0.1) is 19.7 Å². The molecule has 0 aliphatic rings. The molecule has 0 aromatic heterocycles. The van der Waals surface area contributed by atoms with Crippen LogP contribution in [0.15, 0.2) is 38.0 Å². The third-order valence-corrected chi connectivity index (χ3v) is 3.41. The highest BCUT2D eigenvalue weighted by atomic mass is 32.1. The largest absolute Gasteiger partial charge is 0.179 e. The van der Waals surface area contributed by atoms with Crippen LogP contribution < -0.4 is 0 Å². The van der Waals surface area contributed by atoms with Gasteiger partial charge < -0.3 is 0 Å². The first-order chi connectivity index (χ1) is 7.74. The molecule has 0 radical (unpaired) electrons. The molecular weight excluding hydrogens is 212 g/mol. The molecule has 0 rings (SSSR count). The monoisotopic (exact) mass is 238 g/mol. The third kappa shape index (κ3) is 6.22. The van der Waals surface area contributed by atoms with E-state index >= 15 is 0 Å². The highest BCUT2D eigenvalue weighted by molar-refractivity contribution is 7.80. The second-order valence-corrected chi connectivity index (χ2v) is 4.96. The SMILES string of the molecule is C=CCC(CC=C)(CC=C)CCCCCS. The molecule has 0 unspecified atom stereocenters. The van der Waals surface area contributed by atoms with Crippen LogP contribution in [0.25, 0.3) is 0 Å². The fourth-order valence-electron chi connectivity index (χ4n) is 2.26. The number of thiol groups is 1. The van der Waals surface area contributed by atoms with E-state index in [9.17, 15) is 0 Å². The Balaban J connectivity index is 4.28. The molecule has 0 saturated carbocycles. The van der Waals surface area contributed by atoms with E-state index in [0.717, 1.165) is 25.0 Å². The van der Waals surface area contributed by atoms with Crippen LogP contribution >= 0.6 is 12.6 Å². The quantitative estimate of drug-likeness (QED) is 0.286. The topological polar surface area (TPSA) is 0 Å². The summed E-state index contributed by atoms with van der Waals surface area (Å²) in [4.78, 5) is 0. The summed E-state index contributed by atoms with van der Waals surface area (Å²) < 4.78 is 0. The molecule has 0 aromatic rings. The number of allylic oxidation sites excluding steroid dienone is 3. The van der Waals surface area contributed by atoms with Gasteiger partial charge in [-0.3, -0.25) is 0 Å². The lowest BCUT2D eigenvalue weighted by atomic mass is 9.74. The van der Waals surface area contributed by atoms with Crippen LogP contribution in [-0.4, -0.2) is 5.75 Å². The van der Waals surface area contributed by atoms with Crippen molar-refractivity contribution in [1.29, 1.82) is 0 Å². The lowest BCUT2D eigenvalue weighted by molar-refractivity contribution is 0.261. The predicted octanol–water partition coefficient (Wildman–Crippen LogP) is 5.19. The Morgan fingerprint density at radius 3 is 1.69 bits per heavy atom. The Bertz CT molecular complexity index is 179. The zero-order valence-electron chi connectivity index (χ0n) is 10.5. The maximum Gasteiger partial charge on any atom is -0.00979 e. The molecule has 16 heavy (non-hydrogen) atoms. The van der Waals surface area contributed by atoms with Gasteiger partial charge in [-0.05, 0) is 43.3 Å². The molecule has 0 amide bonds. The van der Waals surface area contributed by atoms with E-state index in [4.69, 9.17) is 0 Å². The second-order valence-electron chi connectivity index (χ2n) is 4.51. The van der Waals surface area contributed by atoms with Crippen molar-refractivity contribution in [3.8, 4) is 0 Å². The van der Waals surface area contributed by atoms with Crippen LogP contribution in [0, 0.1) is 5.41 Å². The first-order valence-corrected chi connectivity index (χ1v) is 6.81. The highest BCUT2D eigenvalue weighted by Crippen LogP contribution is 2.37. The van der Waals surface area contributed by atoms with Crippen LogP contribution in [-0.2, 0) is 0 Å². The van der Waals surface area contributed by atoms with Gasteiger partial charge >= 0.3 is 0 Å². The molecule has 0 aliphatic heterocycles. The van der Waals surface area contributed by atoms with E-state index in [-0.39, 0.29) is 0 Å². The fourth-order valence-corrected chi connectivity index (χ4v) is 2.49. The molecule has 0 spiro atoms. The van der Waals surface area contributed by atoms with Crippen LogP contribution in [0.4, 0.5) is 0 Å². The Morgan fingerprint density at radius 2 is 1.31 bits per heavy atom. The minimum Gasteiger partial charge on any atom is -0.179 e. The van der Waals surface area contributed by atoms with Crippen molar-refractivity contribution in [3.63, 3.8) is 0 Å². The van der Waals surface area contributed by atoms with Gasteiger partial charge in [-0.1, -0.05) is 31.1 Å². The first kappa shape index (κ1) is 15.6. The molecular formula is C15H26S. The van der Waals surface area contributed by atoms with Crippen LogP contribution in [0.2, 0.25) is 0 Å². The molecule has 0 fully saturated rings. The zero-order chi connectivity index (χ0) is 12.3. The maximum absolute atomic E-state index is 4.24. The van der Waals surface area contributed by atoms with Gasteiger partial charge in [0.25, 0.3) is 0 Å². The summed E-state index contributed by atoms with van der Waals surface area (Å²) in [6.45, 7) is 11.6. The standard InChI is InChI=1S/C15H26S/c1-4-10-15(11-5-2,12-6-3)13-8-7-9-14-16/h4-6,16H,1-3,7-14H2. The molecule has 0 saturated heterocycles. The third-order valence-electron chi connectivity index (χ3n) is 3.10. The molecule has 1 heteroatoms. The van der Waals surface area contributed by atoms with Crippen LogP contribution in [0.1, 0.15) is 44.9 Å². The maximum atomic E-state index is 4.24. The summed E-state index contributed by atoms with van der Waals surface area (Å²) in [6.07, 6.45) is 14.3. The zero-order valence-corrected chi connectivity index (χ0v) is 11.4. The Kier molecular flexibility index (Phi) is 9.51. The van der Waals surface area contributed by atoms with Gasteiger partial charge in [0, 0.05) is 0 Å². The van der Waals surface area contributed by atoms with Gasteiger partial charge in [0.1, 0.15) is 0 Å². The summed E-state index contributed by atoms with van der Waals surface area (Å²) in [7, 11) is 0. The molecule has 92 valence electrons. The average molecular weight is 238 g/mol. The average Bonchev–Trinajstić information content (AvgIpc) is 2.26. The molecule has 0 nitrogen and oxygen atoms in total. The smallest absolute Gasteiger partial charge is 0.00979 e. The van der Waals surface area contributed by atoms with Crippen molar-refractivity contribution in [2.75, 3.05) is 5.75 Å². The van der Waals surface area contributed by atoms with E-state index in [2.05, 4.69) is 32.4 Å². The van der Waals surface area contributed by atoms with Crippen molar-refractivity contribution >= 4 is 12.6 Å². The summed E-state index contributed by atoms with van der Waals surface area (Å²) in [5, 5.41) is 0. The number of hydrogen-bond donors (Lipinski definition) is 1. The van der Waals surface area contributed by atoms with Crippen molar-refractivity contribution in [2.24, 2.45) is 5.41 Å². The Labute approximate surface area is 107 Å². The molecule has 0 atom stereocenters. The molecule has 0 N–H and O–H groups in total. The van der Waals surface area contributed by atoms with Gasteiger partial charge in [-0.25, -0.2) is 0 Å². The predicted molar refractivity (Wildman–Crippen MR) is 79.2 cm³/mol. The summed E-state index contributed by atoms with van der Waals surface area (Å²) in [5.41, 5.74) is 0.321. The van der Waals surface area contributed by atoms with E-state index < -0.39 is 0 Å². The minimum absolute atomic E-state index is 0.321. The van der Waals surface area contributed by atoms with Gasteiger partial charge in [0.05, 0.1) is 0 Å². The Morgan fingerprint density at radius 1 is 0.812 bits per heavy atom. The molecule has 0 heterocycles. The van der Waals surface area contributed by atoms with E-state index in [1.807, 2.05) is 18.2 Å². The lowest BCUT2D eigenvalue weighted by Gasteiger charge is -2.31. The Hall–Kier alpha value is -0.430. The van der Waals surface area contributed by atoms with Crippen molar-refractivity contribution < 1.29 is 0 Å². The van der Waals surface area contributed by atoms with E-state index in [1.54, 1.807) is 0 Å². The van der Waals surface area contributed by atoms with Crippen LogP contribution in [0.3, 0.4) is 0 Å².